The van der Waals surface area contributed by atoms with E-state index in [1.54, 1.807) is 14.0 Å². The first-order valence-corrected chi connectivity index (χ1v) is 10.4. The monoisotopic (exact) mass is 474 g/mol. The van der Waals surface area contributed by atoms with Crippen LogP contribution < -0.4 is 15.4 Å². The molecule has 24 heavy (non-hydrogen) atoms. The molecule has 0 saturated heterocycles. The molecule has 0 bridgehead atoms. The quantitative estimate of drug-likeness (QED) is 0.197. The second kappa shape index (κ2) is 11.5. The summed E-state index contributed by atoms with van der Waals surface area (Å²) in [4.78, 5) is 4.25. The Bertz CT molecular complexity index is 476. The van der Waals surface area contributed by atoms with E-state index >= 15 is 0 Å². The molecular weight excluding hydrogens is 439 g/mol. The van der Waals surface area contributed by atoms with Crippen LogP contribution in [0.3, 0.4) is 0 Å². The number of rotatable bonds is 10. The maximum atomic E-state index is 11.3. The first kappa shape index (κ1) is 23.9. The maximum absolute atomic E-state index is 11.3. The number of nitrogens with zero attached hydrogens (tertiary/aromatic N) is 1. The van der Waals surface area contributed by atoms with Crippen molar-refractivity contribution in [2.75, 3.05) is 32.4 Å². The van der Waals surface area contributed by atoms with E-state index in [1.807, 2.05) is 0 Å². The minimum absolute atomic E-state index is 0. The second-order valence-corrected chi connectivity index (χ2v) is 9.05. The molecule has 8 heteroatoms. The van der Waals surface area contributed by atoms with E-state index in [1.165, 1.54) is 25.7 Å². The van der Waals surface area contributed by atoms with Gasteiger partial charge in [-0.25, -0.2) is 13.1 Å². The van der Waals surface area contributed by atoms with Crippen LogP contribution in [0.2, 0.25) is 0 Å². The molecule has 0 atom stereocenters. The van der Waals surface area contributed by atoms with Crippen molar-refractivity contribution in [3.63, 3.8) is 0 Å². The van der Waals surface area contributed by atoms with Gasteiger partial charge >= 0.3 is 0 Å². The molecule has 144 valence electrons. The Morgan fingerprint density at radius 1 is 1.21 bits per heavy atom. The van der Waals surface area contributed by atoms with Gasteiger partial charge in [-0.05, 0) is 43.9 Å². The molecule has 1 rings (SSSR count). The third kappa shape index (κ3) is 8.84. The summed E-state index contributed by atoms with van der Waals surface area (Å²) < 4.78 is 25.2. The number of sulfonamides is 1. The molecule has 1 aliphatic carbocycles. The molecule has 0 aliphatic heterocycles. The lowest BCUT2D eigenvalue weighted by molar-refractivity contribution is 0.104. The summed E-state index contributed by atoms with van der Waals surface area (Å²) in [6.07, 6.45) is 5.92. The molecule has 0 heterocycles. The van der Waals surface area contributed by atoms with Crippen LogP contribution in [0.1, 0.15) is 52.9 Å². The molecule has 1 fully saturated rings. The fraction of sp³-hybridized carbons (Fsp3) is 0.938. The molecule has 3 N–H and O–H groups in total. The standard InChI is InChI=1S/C16H34N4O2S.HI/c1-5-23(21,22)20-11-7-10-18-15(17-4)19-13-16(8-6-9-16)12-14(2)3;/h14,20H,5-13H2,1-4H3,(H2,17,18,19);1H. The van der Waals surface area contributed by atoms with Crippen LogP contribution in [0.5, 0.6) is 0 Å². The fourth-order valence-electron chi connectivity index (χ4n) is 3.11. The summed E-state index contributed by atoms with van der Waals surface area (Å²) in [5.74, 6) is 1.65. The van der Waals surface area contributed by atoms with Gasteiger partial charge in [-0.15, -0.1) is 24.0 Å². The van der Waals surface area contributed by atoms with Crippen molar-refractivity contribution in [2.45, 2.75) is 52.9 Å². The van der Waals surface area contributed by atoms with Crippen LogP contribution in [0.25, 0.3) is 0 Å². The molecular formula is C16H35IN4O2S. The average Bonchev–Trinajstić information content (AvgIpc) is 2.46. The highest BCUT2D eigenvalue weighted by Gasteiger charge is 2.37. The molecule has 0 aromatic heterocycles. The van der Waals surface area contributed by atoms with Gasteiger partial charge in [0.05, 0.1) is 5.75 Å². The van der Waals surface area contributed by atoms with Crippen molar-refractivity contribution in [2.24, 2.45) is 16.3 Å². The average molecular weight is 474 g/mol. The predicted octanol–water partition coefficient (Wildman–Crippen LogP) is 2.32. The summed E-state index contributed by atoms with van der Waals surface area (Å²) in [6.45, 7) is 8.32. The van der Waals surface area contributed by atoms with E-state index in [0.717, 1.165) is 24.8 Å². The summed E-state index contributed by atoms with van der Waals surface area (Å²) in [5, 5.41) is 6.69. The second-order valence-electron chi connectivity index (χ2n) is 6.96. The number of hydrogen-bond donors (Lipinski definition) is 3. The van der Waals surface area contributed by atoms with Crippen molar-refractivity contribution in [3.8, 4) is 0 Å². The fourth-order valence-corrected chi connectivity index (χ4v) is 3.77. The van der Waals surface area contributed by atoms with Crippen LogP contribution in [0, 0.1) is 11.3 Å². The number of hydrogen-bond acceptors (Lipinski definition) is 3. The Kier molecular flexibility index (Phi) is 11.5. The van der Waals surface area contributed by atoms with Gasteiger partial charge < -0.3 is 10.6 Å². The van der Waals surface area contributed by atoms with Gasteiger partial charge in [-0.2, -0.15) is 0 Å². The SMILES string of the molecule is CCS(=O)(=O)NCCCNC(=NC)NCC1(CC(C)C)CCC1.I. The van der Waals surface area contributed by atoms with Crippen LogP contribution in [0.15, 0.2) is 4.99 Å². The summed E-state index contributed by atoms with van der Waals surface area (Å²) in [7, 11) is -1.32. The molecule has 6 nitrogen and oxygen atoms in total. The normalized spacial score (nSPS) is 17.1. The Morgan fingerprint density at radius 3 is 2.33 bits per heavy atom. The zero-order valence-electron chi connectivity index (χ0n) is 15.5. The highest BCUT2D eigenvalue weighted by Crippen LogP contribution is 2.45. The molecule has 1 saturated carbocycles. The van der Waals surface area contributed by atoms with Crippen molar-refractivity contribution in [1.82, 2.24) is 15.4 Å². The first-order valence-electron chi connectivity index (χ1n) is 8.74. The van der Waals surface area contributed by atoms with E-state index in [4.69, 9.17) is 0 Å². The van der Waals surface area contributed by atoms with Gasteiger partial charge in [0.1, 0.15) is 0 Å². The molecule has 0 aromatic carbocycles. The topological polar surface area (TPSA) is 82.6 Å². The zero-order valence-corrected chi connectivity index (χ0v) is 18.7. The van der Waals surface area contributed by atoms with Crippen LogP contribution in [-0.2, 0) is 10.0 Å². The Labute approximate surface area is 165 Å². The van der Waals surface area contributed by atoms with E-state index in [-0.39, 0.29) is 29.7 Å². The lowest BCUT2D eigenvalue weighted by Crippen LogP contribution is -2.47. The third-order valence-corrected chi connectivity index (χ3v) is 5.86. The van der Waals surface area contributed by atoms with Gasteiger partial charge in [0, 0.05) is 26.7 Å². The predicted molar refractivity (Wildman–Crippen MR) is 113 cm³/mol. The number of halogens is 1. The molecule has 0 aromatic rings. The number of aliphatic imine (C=N–C) groups is 1. The summed E-state index contributed by atoms with van der Waals surface area (Å²) in [6, 6.07) is 0. The lowest BCUT2D eigenvalue weighted by Gasteiger charge is -2.43. The number of guanidine groups is 1. The van der Waals surface area contributed by atoms with Gasteiger partial charge in [-0.3, -0.25) is 4.99 Å². The van der Waals surface area contributed by atoms with Gasteiger partial charge in [-0.1, -0.05) is 20.3 Å². The highest BCUT2D eigenvalue weighted by atomic mass is 127. The third-order valence-electron chi connectivity index (χ3n) is 4.46. The van der Waals surface area contributed by atoms with Gasteiger partial charge in [0.15, 0.2) is 5.96 Å². The lowest BCUT2D eigenvalue weighted by atomic mass is 9.64. The molecule has 0 amide bonds. The van der Waals surface area contributed by atoms with E-state index in [2.05, 4.69) is 34.2 Å². The van der Waals surface area contributed by atoms with Crippen molar-refractivity contribution in [3.05, 3.63) is 0 Å². The largest absolute Gasteiger partial charge is 0.356 e. The van der Waals surface area contributed by atoms with Crippen molar-refractivity contribution >= 4 is 40.0 Å². The van der Waals surface area contributed by atoms with Crippen LogP contribution in [-0.4, -0.2) is 46.8 Å². The van der Waals surface area contributed by atoms with E-state index < -0.39 is 10.0 Å². The highest BCUT2D eigenvalue weighted by molar-refractivity contribution is 14.0. The Morgan fingerprint density at radius 2 is 1.88 bits per heavy atom. The molecule has 0 radical (unpaired) electrons. The van der Waals surface area contributed by atoms with Gasteiger partial charge in [0.25, 0.3) is 0 Å². The summed E-state index contributed by atoms with van der Waals surface area (Å²) in [5.41, 5.74) is 0.433. The van der Waals surface area contributed by atoms with E-state index in [9.17, 15) is 8.42 Å². The Balaban J connectivity index is 0.00000529. The van der Waals surface area contributed by atoms with Crippen molar-refractivity contribution < 1.29 is 8.42 Å². The zero-order chi connectivity index (χ0) is 17.3. The maximum Gasteiger partial charge on any atom is 0.211 e. The van der Waals surface area contributed by atoms with Crippen LogP contribution >= 0.6 is 24.0 Å². The summed E-state index contributed by atoms with van der Waals surface area (Å²) >= 11 is 0. The molecule has 0 spiro atoms. The minimum atomic E-state index is -3.09. The van der Waals surface area contributed by atoms with Crippen molar-refractivity contribution in [1.29, 1.82) is 0 Å². The molecule has 0 unspecified atom stereocenters. The van der Waals surface area contributed by atoms with Crippen LogP contribution in [0.4, 0.5) is 0 Å². The smallest absolute Gasteiger partial charge is 0.211 e. The molecule has 1 aliphatic rings. The first-order chi connectivity index (χ1) is 10.8. The van der Waals surface area contributed by atoms with E-state index in [0.29, 0.717) is 18.5 Å². The van der Waals surface area contributed by atoms with Gasteiger partial charge in [0.2, 0.25) is 10.0 Å². The Hall–Kier alpha value is -0.0900. The minimum Gasteiger partial charge on any atom is -0.356 e. The number of nitrogens with one attached hydrogen (secondary N) is 3.